The summed E-state index contributed by atoms with van der Waals surface area (Å²) in [6.45, 7) is 6.71. The fourth-order valence-electron chi connectivity index (χ4n) is 4.44. The smallest absolute Gasteiger partial charge is 0.384 e. The molecule has 1 amide bonds. The van der Waals surface area contributed by atoms with Crippen LogP contribution in [0.15, 0.2) is 40.3 Å². The summed E-state index contributed by atoms with van der Waals surface area (Å²) in [5.74, 6) is -0.0607. The average Bonchev–Trinajstić information content (AvgIpc) is 3.29. The van der Waals surface area contributed by atoms with Gasteiger partial charge in [-0.25, -0.2) is 4.99 Å². The van der Waals surface area contributed by atoms with Crippen LogP contribution in [0.1, 0.15) is 46.0 Å². The Labute approximate surface area is 205 Å². The molecule has 3 rings (SSSR count). The molecular weight excluding hydrogens is 461 g/mol. The van der Waals surface area contributed by atoms with Crippen LogP contribution < -0.4 is 16.4 Å². The maximum Gasteiger partial charge on any atom is 0.412 e. The molecule has 0 spiro atoms. The molecule has 8 nitrogen and oxygen atoms in total. The summed E-state index contributed by atoms with van der Waals surface area (Å²) in [4.78, 5) is 20.9. The largest absolute Gasteiger partial charge is 0.412 e. The molecule has 1 fully saturated rings. The van der Waals surface area contributed by atoms with Crippen LogP contribution in [-0.2, 0) is 9.53 Å². The number of alkyl halides is 3. The summed E-state index contributed by atoms with van der Waals surface area (Å²) in [5, 5.41) is 5.52. The Balaban J connectivity index is 1.80. The lowest BCUT2D eigenvalue weighted by Crippen LogP contribution is -2.45. The number of rotatable bonds is 8. The molecule has 0 saturated carbocycles. The minimum Gasteiger partial charge on any atom is -0.384 e. The van der Waals surface area contributed by atoms with Gasteiger partial charge in [0.25, 0.3) is 0 Å². The molecule has 1 saturated heterocycles. The minimum absolute atomic E-state index is 0.0579. The third kappa shape index (κ3) is 8.57. The fourth-order valence-corrected chi connectivity index (χ4v) is 4.44. The highest BCUT2D eigenvalue weighted by Gasteiger charge is 2.37. The van der Waals surface area contributed by atoms with E-state index in [1.165, 1.54) is 12.3 Å². The highest BCUT2D eigenvalue weighted by atomic mass is 19.4. The summed E-state index contributed by atoms with van der Waals surface area (Å²) in [7, 11) is 0. The third-order valence-electron chi connectivity index (χ3n) is 6.26. The van der Waals surface area contributed by atoms with Crippen LogP contribution >= 0.6 is 0 Å². The summed E-state index contributed by atoms with van der Waals surface area (Å²) < 4.78 is 46.9. The zero-order chi connectivity index (χ0) is 25.4. The van der Waals surface area contributed by atoms with E-state index in [0.29, 0.717) is 24.6 Å². The number of ether oxygens (including phenoxy) is 1. The lowest BCUT2D eigenvalue weighted by atomic mass is 9.89. The number of amides is 1. The Morgan fingerprint density at radius 2 is 2.03 bits per heavy atom. The van der Waals surface area contributed by atoms with Crippen LogP contribution in [0, 0.1) is 5.92 Å². The number of likely N-dealkylation sites (tertiary alicyclic amines) is 1. The summed E-state index contributed by atoms with van der Waals surface area (Å²) in [6, 6.07) is 0. The second-order valence-electron chi connectivity index (χ2n) is 9.30. The lowest BCUT2D eigenvalue weighted by Gasteiger charge is -2.32. The molecule has 0 aromatic rings. The molecule has 0 bridgehead atoms. The number of carbonyl (C=O) groups is 1. The van der Waals surface area contributed by atoms with Gasteiger partial charge in [-0.1, -0.05) is 19.4 Å². The van der Waals surface area contributed by atoms with Crippen LogP contribution in [0.2, 0.25) is 0 Å². The molecule has 1 aliphatic carbocycles. The number of halogens is 3. The molecular formula is C24H37F3N6O2. The number of allylic oxidation sites excluding steroid dienone is 1. The molecule has 0 radical (unpaired) electrons. The molecule has 2 aliphatic heterocycles. The second kappa shape index (κ2) is 12.4. The quantitative estimate of drug-likeness (QED) is 0.446. The number of carbonyl (C=O) groups excluding carboxylic acids is 1. The van der Waals surface area contributed by atoms with Gasteiger partial charge in [0.2, 0.25) is 12.3 Å². The van der Waals surface area contributed by atoms with Crippen LogP contribution in [0.3, 0.4) is 0 Å². The number of hydrogen-bond acceptors (Lipinski definition) is 7. The van der Waals surface area contributed by atoms with Gasteiger partial charge < -0.3 is 26.0 Å². The van der Waals surface area contributed by atoms with Crippen molar-refractivity contribution in [1.29, 1.82) is 0 Å². The lowest BCUT2D eigenvalue weighted by molar-refractivity contribution is -0.120. The maximum atomic E-state index is 13.7. The molecule has 0 aromatic carbocycles. The van der Waals surface area contributed by atoms with Crippen LogP contribution in [0.5, 0.6) is 0 Å². The Kier molecular flexibility index (Phi) is 9.62. The van der Waals surface area contributed by atoms with Gasteiger partial charge in [0.15, 0.2) is 0 Å². The summed E-state index contributed by atoms with van der Waals surface area (Å²) in [6.07, 6.45) is 3.18. The number of nitrogens with two attached hydrogens (primary N) is 1. The molecule has 2 atom stereocenters. The van der Waals surface area contributed by atoms with Gasteiger partial charge in [-0.3, -0.25) is 9.69 Å². The van der Waals surface area contributed by atoms with Crippen LogP contribution in [-0.4, -0.2) is 73.4 Å². The molecule has 196 valence electrons. The van der Waals surface area contributed by atoms with Gasteiger partial charge in [0.1, 0.15) is 11.7 Å². The predicted octanol–water partition coefficient (Wildman–Crippen LogP) is 2.81. The van der Waals surface area contributed by atoms with E-state index < -0.39 is 24.0 Å². The Morgan fingerprint density at radius 3 is 2.71 bits per heavy atom. The number of unbranched alkanes of at least 4 members (excludes halogenated alkanes) is 1. The van der Waals surface area contributed by atoms with Crippen molar-refractivity contribution in [3.63, 3.8) is 0 Å². The molecule has 35 heavy (non-hydrogen) atoms. The van der Waals surface area contributed by atoms with E-state index in [1.807, 2.05) is 13.0 Å². The Morgan fingerprint density at radius 1 is 1.29 bits per heavy atom. The van der Waals surface area contributed by atoms with Gasteiger partial charge in [-0.15, -0.1) is 0 Å². The highest BCUT2D eigenvalue weighted by molar-refractivity contribution is 5.87. The molecule has 3 aliphatic rings. The monoisotopic (exact) mass is 498 g/mol. The molecule has 2 unspecified atom stereocenters. The number of hydrogen-bond donors (Lipinski definition) is 3. The first-order valence-electron chi connectivity index (χ1n) is 12.3. The standard InChI is InChI=1S/C24H37F3N6O2/c1-3-4-9-35-23-30-17(2)33(16-22(34)29-13-21(28)31-23)15-19-10-18(14-32-7-5-6-8-32)11-20(12-19)24(25,26)27/h10-11,13,19,23,31H,3-9,12,14-16,28H2,1-2H3,(H,29,34)/b21-13+,30-17+. The van der Waals surface area contributed by atoms with Crippen molar-refractivity contribution in [3.05, 3.63) is 35.3 Å². The van der Waals surface area contributed by atoms with E-state index in [2.05, 4.69) is 20.5 Å². The van der Waals surface area contributed by atoms with Crippen molar-refractivity contribution in [2.24, 2.45) is 16.6 Å². The third-order valence-corrected chi connectivity index (χ3v) is 6.26. The van der Waals surface area contributed by atoms with Crippen LogP contribution in [0.25, 0.3) is 0 Å². The topological polar surface area (TPSA) is 95.2 Å². The van der Waals surface area contributed by atoms with Crippen molar-refractivity contribution in [2.75, 3.05) is 39.3 Å². The Bertz CT molecular complexity index is 862. The fraction of sp³-hybridized carbons (Fsp3) is 0.667. The summed E-state index contributed by atoms with van der Waals surface area (Å²) >= 11 is 0. The van der Waals surface area contributed by atoms with Gasteiger partial charge in [0.05, 0.1) is 13.2 Å². The van der Waals surface area contributed by atoms with Crippen molar-refractivity contribution in [2.45, 2.75) is 58.5 Å². The first-order valence-corrected chi connectivity index (χ1v) is 12.3. The van der Waals surface area contributed by atoms with Crippen molar-refractivity contribution in [1.82, 2.24) is 20.4 Å². The van der Waals surface area contributed by atoms with Crippen molar-refractivity contribution in [3.8, 4) is 0 Å². The molecule has 2 heterocycles. The number of nitrogens with one attached hydrogen (secondary N) is 2. The van der Waals surface area contributed by atoms with Crippen molar-refractivity contribution < 1.29 is 22.7 Å². The van der Waals surface area contributed by atoms with Gasteiger partial charge in [-0.05, 0) is 63.3 Å². The zero-order valence-electron chi connectivity index (χ0n) is 20.5. The molecule has 0 aromatic heterocycles. The van der Waals surface area contributed by atoms with Crippen molar-refractivity contribution >= 4 is 11.7 Å². The number of nitrogens with zero attached hydrogens (tertiary/aromatic N) is 3. The van der Waals surface area contributed by atoms with E-state index in [-0.39, 0.29) is 31.2 Å². The maximum absolute atomic E-state index is 13.7. The zero-order valence-corrected chi connectivity index (χ0v) is 20.5. The first kappa shape index (κ1) is 27.1. The number of aliphatic imine (C=N–C) groups is 1. The first-order chi connectivity index (χ1) is 16.6. The normalized spacial score (nSPS) is 27.7. The van der Waals surface area contributed by atoms with Gasteiger partial charge in [0, 0.05) is 24.9 Å². The molecule has 4 N–H and O–H groups in total. The minimum atomic E-state index is -4.39. The Hall–Kier alpha value is -2.53. The van der Waals surface area contributed by atoms with E-state index in [4.69, 9.17) is 10.5 Å². The molecule has 11 heteroatoms. The highest BCUT2D eigenvalue weighted by Crippen LogP contribution is 2.36. The summed E-state index contributed by atoms with van der Waals surface area (Å²) in [5.41, 5.74) is 6.04. The van der Waals surface area contributed by atoms with E-state index in [0.717, 1.165) is 38.8 Å². The second-order valence-corrected chi connectivity index (χ2v) is 9.30. The van der Waals surface area contributed by atoms with Crippen LogP contribution in [0.4, 0.5) is 13.2 Å². The van der Waals surface area contributed by atoms with Gasteiger partial charge >= 0.3 is 6.18 Å². The van der Waals surface area contributed by atoms with E-state index in [1.54, 1.807) is 11.8 Å². The number of amidine groups is 1. The van der Waals surface area contributed by atoms with Gasteiger partial charge in [-0.2, -0.15) is 13.2 Å². The van der Waals surface area contributed by atoms with E-state index >= 15 is 0 Å². The SMILES string of the molecule is CCCCOC1/N=C(\C)N(CC2C=C(CN3CCCC3)C=C(C(F)(F)F)C2)CC(=O)N/C=C(\N)N1. The predicted molar refractivity (Wildman–Crippen MR) is 129 cm³/mol. The average molecular weight is 499 g/mol. The van der Waals surface area contributed by atoms with E-state index in [9.17, 15) is 18.0 Å².